The van der Waals surface area contributed by atoms with E-state index in [4.69, 9.17) is 25.8 Å². The van der Waals surface area contributed by atoms with E-state index in [9.17, 15) is 19.5 Å². The number of hydrogen-bond acceptors (Lipinski definition) is 9. The number of carbonyl (C=O) groups is 3. The Morgan fingerprint density at radius 3 is 2.45 bits per heavy atom. The number of piperidine rings is 3. The van der Waals surface area contributed by atoms with Crippen molar-refractivity contribution in [1.29, 1.82) is 0 Å². The molecule has 3 fully saturated rings. The maximum Gasteiger partial charge on any atom is 0.231 e. The summed E-state index contributed by atoms with van der Waals surface area (Å²) in [7, 11) is 2.85. The first-order valence-electron chi connectivity index (χ1n) is 14.9. The van der Waals surface area contributed by atoms with Crippen molar-refractivity contribution in [2.75, 3.05) is 40.1 Å². The lowest BCUT2D eigenvalue weighted by molar-refractivity contribution is -0.123. The molecule has 4 heterocycles. The third-order valence-corrected chi connectivity index (χ3v) is 10.9. The predicted octanol–water partition coefficient (Wildman–Crippen LogP) is 5.20. The van der Waals surface area contributed by atoms with E-state index in [0.717, 1.165) is 37.4 Å². The fourth-order valence-corrected chi connectivity index (χ4v) is 8.01. The number of methoxy groups -OCH3 is 2. The smallest absolute Gasteiger partial charge is 0.231 e. The van der Waals surface area contributed by atoms with Gasteiger partial charge in [-0.2, -0.15) is 0 Å². The second-order valence-electron chi connectivity index (χ2n) is 12.1. The van der Waals surface area contributed by atoms with Gasteiger partial charge in [0.25, 0.3) is 0 Å². The number of rotatable bonds is 8. The molecule has 2 bridgehead atoms. The molecule has 11 heteroatoms. The van der Waals surface area contributed by atoms with E-state index in [0.29, 0.717) is 11.5 Å². The van der Waals surface area contributed by atoms with Crippen LogP contribution in [0.1, 0.15) is 54.4 Å². The molecule has 3 saturated heterocycles. The fraction of sp³-hybridized carbons (Fsp3) is 0.485. The first kappa shape index (κ1) is 30.8. The lowest BCUT2D eigenvalue weighted by atomic mass is 9.69. The van der Waals surface area contributed by atoms with Gasteiger partial charge in [-0.15, -0.1) is 11.8 Å². The SMILES string of the molecule is COc1cc(OC)c2c(c1Cl)OC1(C2=O)C(O)=C(C(CC(=O)NC2CN3CCC2CC3)c2ccc(SC)cc2)C(=O)CC1C. The minimum Gasteiger partial charge on any atom is -0.507 e. The fourth-order valence-electron chi connectivity index (χ4n) is 7.34. The summed E-state index contributed by atoms with van der Waals surface area (Å²) in [6.45, 7) is 4.60. The number of carbonyl (C=O) groups excluding carboxylic acids is 3. The molecule has 0 aromatic heterocycles. The van der Waals surface area contributed by atoms with Crippen LogP contribution in [0.15, 0.2) is 46.6 Å². The molecule has 9 nitrogen and oxygen atoms in total. The normalized spacial score (nSPS) is 28.1. The summed E-state index contributed by atoms with van der Waals surface area (Å²) in [5, 5.41) is 15.4. The van der Waals surface area contributed by atoms with Crippen LogP contribution in [-0.2, 0) is 9.59 Å². The average molecular weight is 641 g/mol. The molecule has 234 valence electrons. The Bertz CT molecular complexity index is 1540. The molecule has 4 atom stereocenters. The molecule has 1 amide bonds. The molecule has 0 saturated carbocycles. The lowest BCUT2D eigenvalue weighted by Gasteiger charge is -2.45. The molecule has 0 radical (unpaired) electrons. The van der Waals surface area contributed by atoms with Crippen LogP contribution in [0.25, 0.3) is 0 Å². The van der Waals surface area contributed by atoms with Crippen molar-refractivity contribution in [2.24, 2.45) is 11.8 Å². The maximum absolute atomic E-state index is 14.3. The Labute approximate surface area is 266 Å². The van der Waals surface area contributed by atoms with E-state index in [1.807, 2.05) is 30.5 Å². The minimum absolute atomic E-state index is 0.00674. The maximum atomic E-state index is 14.3. The van der Waals surface area contributed by atoms with E-state index in [-0.39, 0.29) is 64.0 Å². The highest BCUT2D eigenvalue weighted by Crippen LogP contribution is 2.55. The standard InChI is InChI=1S/C33H37ClN2O7S/c1-17-13-23(37)27(31(39)33(17)32(40)28-24(41-2)15-25(42-3)29(34)30(28)43-33)21(18-5-7-20(44-4)8-6-18)14-26(38)35-22-16-36-11-9-19(22)10-12-36/h5-8,15,17,19,21-22,39H,9-14,16H2,1-4H3,(H,35,38). The van der Waals surface area contributed by atoms with Crippen LogP contribution in [0.5, 0.6) is 17.2 Å². The number of thioether (sulfide) groups is 1. The van der Waals surface area contributed by atoms with Gasteiger partial charge in [-0.1, -0.05) is 30.7 Å². The first-order chi connectivity index (χ1) is 21.1. The Balaban J connectivity index is 1.43. The zero-order chi connectivity index (χ0) is 31.3. The van der Waals surface area contributed by atoms with Gasteiger partial charge < -0.3 is 29.5 Å². The first-order valence-corrected chi connectivity index (χ1v) is 16.5. The summed E-state index contributed by atoms with van der Waals surface area (Å²) >= 11 is 8.18. The lowest BCUT2D eigenvalue weighted by Crippen LogP contribution is -2.57. The van der Waals surface area contributed by atoms with Gasteiger partial charge in [-0.3, -0.25) is 14.4 Å². The van der Waals surface area contributed by atoms with Crippen LogP contribution >= 0.6 is 23.4 Å². The van der Waals surface area contributed by atoms with E-state index >= 15 is 0 Å². The number of hydrogen-bond donors (Lipinski definition) is 2. The zero-order valence-corrected chi connectivity index (χ0v) is 26.8. The predicted molar refractivity (Wildman–Crippen MR) is 167 cm³/mol. The largest absolute Gasteiger partial charge is 0.507 e. The van der Waals surface area contributed by atoms with Crippen LogP contribution in [0, 0.1) is 11.8 Å². The number of ether oxygens (including phenoxy) is 3. The van der Waals surface area contributed by atoms with E-state index in [2.05, 4.69) is 10.2 Å². The Hall–Kier alpha value is -3.21. The highest BCUT2D eigenvalue weighted by Gasteiger charge is 2.61. The number of nitrogens with zero attached hydrogens (tertiary/aromatic N) is 1. The zero-order valence-electron chi connectivity index (χ0n) is 25.3. The van der Waals surface area contributed by atoms with Crippen molar-refractivity contribution in [3.63, 3.8) is 0 Å². The number of fused-ring (bicyclic) bond motifs is 4. The molecule has 5 aliphatic rings. The number of aliphatic hydroxyl groups is 1. The van der Waals surface area contributed by atoms with Crippen molar-refractivity contribution in [3.05, 3.63) is 57.8 Å². The van der Waals surface area contributed by atoms with Gasteiger partial charge >= 0.3 is 0 Å². The molecular weight excluding hydrogens is 604 g/mol. The van der Waals surface area contributed by atoms with Gasteiger partial charge in [0.05, 0.1) is 14.2 Å². The molecule has 2 aromatic carbocycles. The second-order valence-corrected chi connectivity index (χ2v) is 13.4. The molecule has 4 unspecified atom stereocenters. The summed E-state index contributed by atoms with van der Waals surface area (Å²) in [6.07, 6.45) is 3.92. The van der Waals surface area contributed by atoms with Crippen molar-refractivity contribution in [2.45, 2.75) is 55.1 Å². The van der Waals surface area contributed by atoms with E-state index in [1.54, 1.807) is 18.7 Å². The van der Waals surface area contributed by atoms with Gasteiger partial charge in [-0.25, -0.2) is 0 Å². The summed E-state index contributed by atoms with van der Waals surface area (Å²) < 4.78 is 17.2. The van der Waals surface area contributed by atoms with Crippen molar-refractivity contribution in [3.8, 4) is 17.2 Å². The summed E-state index contributed by atoms with van der Waals surface area (Å²) in [4.78, 5) is 45.2. The van der Waals surface area contributed by atoms with Gasteiger partial charge in [0.2, 0.25) is 17.3 Å². The monoisotopic (exact) mass is 640 g/mol. The average Bonchev–Trinajstić information content (AvgIpc) is 3.35. The van der Waals surface area contributed by atoms with Gasteiger partial charge in [-0.05, 0) is 55.8 Å². The van der Waals surface area contributed by atoms with E-state index in [1.165, 1.54) is 20.3 Å². The Morgan fingerprint density at radius 1 is 1.18 bits per heavy atom. The molecular formula is C33H37ClN2O7S. The van der Waals surface area contributed by atoms with Gasteiger partial charge in [0, 0.05) is 53.8 Å². The van der Waals surface area contributed by atoms with Gasteiger partial charge in [0.1, 0.15) is 22.1 Å². The molecule has 44 heavy (non-hydrogen) atoms. The number of ketones is 2. The third kappa shape index (κ3) is 4.95. The molecule has 1 spiro atoms. The highest BCUT2D eigenvalue weighted by molar-refractivity contribution is 7.98. The third-order valence-electron chi connectivity index (χ3n) is 9.77. The number of nitrogens with one attached hydrogen (secondary N) is 1. The van der Waals surface area contributed by atoms with Crippen LogP contribution < -0.4 is 19.5 Å². The minimum atomic E-state index is -1.92. The number of halogens is 1. The van der Waals surface area contributed by atoms with Crippen LogP contribution in [0.2, 0.25) is 5.02 Å². The molecule has 7 rings (SSSR count). The topological polar surface area (TPSA) is 114 Å². The summed E-state index contributed by atoms with van der Waals surface area (Å²) in [5.74, 6) is -2.25. The van der Waals surface area contributed by atoms with E-state index < -0.39 is 29.0 Å². The number of aliphatic hydroxyl groups excluding tert-OH is 1. The molecule has 2 N–H and O–H groups in total. The summed E-state index contributed by atoms with van der Waals surface area (Å²) in [5.41, 5.74) is -1.15. The molecule has 1 aliphatic carbocycles. The summed E-state index contributed by atoms with van der Waals surface area (Å²) in [6, 6.07) is 9.12. The van der Waals surface area contributed by atoms with Crippen LogP contribution in [0.4, 0.5) is 0 Å². The quantitative estimate of drug-likeness (QED) is 0.376. The number of benzene rings is 2. The number of amides is 1. The van der Waals surface area contributed by atoms with Crippen molar-refractivity contribution < 1.29 is 33.7 Å². The van der Waals surface area contributed by atoms with Crippen LogP contribution in [0.3, 0.4) is 0 Å². The van der Waals surface area contributed by atoms with Crippen molar-refractivity contribution in [1.82, 2.24) is 10.2 Å². The number of Topliss-reactive ketones (excluding diaryl/α,β-unsaturated/α-hetero) is 2. The Morgan fingerprint density at radius 2 is 1.86 bits per heavy atom. The van der Waals surface area contributed by atoms with Crippen LogP contribution in [-0.4, -0.2) is 79.2 Å². The molecule has 2 aromatic rings. The van der Waals surface area contributed by atoms with Crippen molar-refractivity contribution >= 4 is 40.8 Å². The van der Waals surface area contributed by atoms with Gasteiger partial charge in [0.15, 0.2) is 17.3 Å². The molecule has 4 aliphatic heterocycles. The highest BCUT2D eigenvalue weighted by atomic mass is 35.5. The second kappa shape index (κ2) is 11.9. The Kier molecular flexibility index (Phi) is 8.36. The number of allylic oxidation sites excluding steroid dienone is 1.